The Hall–Kier alpha value is -2.57. The van der Waals surface area contributed by atoms with E-state index in [9.17, 15) is 9.59 Å². The van der Waals surface area contributed by atoms with Crippen molar-refractivity contribution in [2.24, 2.45) is 5.10 Å². The lowest BCUT2D eigenvalue weighted by molar-refractivity contribution is -0.121. The highest BCUT2D eigenvalue weighted by molar-refractivity contribution is 6.36. The van der Waals surface area contributed by atoms with Crippen LogP contribution in [0.15, 0.2) is 41.5 Å². The van der Waals surface area contributed by atoms with E-state index in [-0.39, 0.29) is 22.2 Å². The number of amides is 1. The van der Waals surface area contributed by atoms with Crippen LogP contribution in [0.2, 0.25) is 10.0 Å². The summed E-state index contributed by atoms with van der Waals surface area (Å²) in [6, 6.07) is 9.45. The van der Waals surface area contributed by atoms with E-state index in [2.05, 4.69) is 17.5 Å². The molecule has 2 rings (SSSR count). The third-order valence-corrected chi connectivity index (χ3v) is 5.25. The second-order valence-electron chi connectivity index (χ2n) is 7.23. The van der Waals surface area contributed by atoms with Gasteiger partial charge >= 0.3 is 5.97 Å². The largest absolute Gasteiger partial charge is 0.493 e. The molecule has 0 aromatic heterocycles. The topological polar surface area (TPSA) is 77.0 Å². The fraction of sp³-hybridized carbons (Fsp3) is 0.375. The van der Waals surface area contributed by atoms with Gasteiger partial charge in [0.15, 0.2) is 11.5 Å². The number of unbranched alkanes of at least 4 members (excludes halogenated alkanes) is 5. The van der Waals surface area contributed by atoms with Gasteiger partial charge in [0.05, 0.1) is 23.9 Å². The molecule has 8 heteroatoms. The summed E-state index contributed by atoms with van der Waals surface area (Å²) in [6.07, 6.45) is 8.69. The fourth-order valence-electron chi connectivity index (χ4n) is 2.96. The number of methoxy groups -OCH3 is 1. The van der Waals surface area contributed by atoms with Gasteiger partial charge in [0.2, 0.25) is 5.91 Å². The van der Waals surface area contributed by atoms with Gasteiger partial charge in [-0.15, -0.1) is 0 Å². The molecule has 6 nitrogen and oxygen atoms in total. The smallest absolute Gasteiger partial charge is 0.345 e. The van der Waals surface area contributed by atoms with Gasteiger partial charge in [-0.2, -0.15) is 5.10 Å². The second-order valence-corrected chi connectivity index (χ2v) is 8.08. The summed E-state index contributed by atoms with van der Waals surface area (Å²) >= 11 is 11.9. The minimum absolute atomic E-state index is 0.117. The lowest BCUT2D eigenvalue weighted by atomic mass is 10.1. The quantitative estimate of drug-likeness (QED) is 0.125. The highest BCUT2D eigenvalue weighted by atomic mass is 35.5. The first kappa shape index (κ1) is 25.7. The van der Waals surface area contributed by atoms with Crippen LogP contribution in [0.25, 0.3) is 0 Å². The SMILES string of the molecule is CCCCCCCCC(=O)N/N=C\c1ccc(OC(=O)c2ccc(Cl)cc2Cl)c(OC)c1. The highest BCUT2D eigenvalue weighted by Crippen LogP contribution is 2.29. The number of hydrazone groups is 1. The lowest BCUT2D eigenvalue weighted by Gasteiger charge is -2.10. The van der Waals surface area contributed by atoms with Gasteiger partial charge in [-0.3, -0.25) is 4.79 Å². The molecular weight excluding hydrogens is 451 g/mol. The molecule has 0 unspecified atom stereocenters. The van der Waals surface area contributed by atoms with Crippen molar-refractivity contribution in [2.45, 2.75) is 51.9 Å². The van der Waals surface area contributed by atoms with Crippen molar-refractivity contribution in [3.05, 3.63) is 57.6 Å². The van der Waals surface area contributed by atoms with E-state index in [0.29, 0.717) is 22.8 Å². The third kappa shape index (κ3) is 8.52. The van der Waals surface area contributed by atoms with Crippen molar-refractivity contribution >= 4 is 41.3 Å². The van der Waals surface area contributed by atoms with E-state index < -0.39 is 5.97 Å². The van der Waals surface area contributed by atoms with Gasteiger partial charge in [0.1, 0.15) is 0 Å². The van der Waals surface area contributed by atoms with Crippen LogP contribution in [0, 0.1) is 0 Å². The number of carbonyl (C=O) groups is 2. The van der Waals surface area contributed by atoms with E-state index in [1.165, 1.54) is 44.7 Å². The summed E-state index contributed by atoms with van der Waals surface area (Å²) in [6.45, 7) is 2.18. The molecule has 2 aromatic carbocycles. The average molecular weight is 479 g/mol. The van der Waals surface area contributed by atoms with Crippen molar-refractivity contribution in [2.75, 3.05) is 7.11 Å². The maximum Gasteiger partial charge on any atom is 0.345 e. The molecule has 0 radical (unpaired) electrons. The van der Waals surface area contributed by atoms with Gasteiger partial charge in [-0.1, -0.05) is 62.2 Å². The molecule has 0 aliphatic rings. The standard InChI is InChI=1S/C24H28Cl2N2O4/c1-3-4-5-6-7-8-9-23(29)28-27-16-17-10-13-21(22(14-17)31-2)32-24(30)19-12-11-18(25)15-20(19)26/h10-16H,3-9H2,1-2H3,(H,28,29)/b27-16-. The summed E-state index contributed by atoms with van der Waals surface area (Å²) in [5.41, 5.74) is 3.39. The number of nitrogens with one attached hydrogen (secondary N) is 1. The molecule has 0 aliphatic carbocycles. The summed E-state index contributed by atoms with van der Waals surface area (Å²) in [5, 5.41) is 4.60. The van der Waals surface area contributed by atoms with E-state index in [0.717, 1.165) is 19.3 Å². The number of halogens is 2. The second kappa shape index (κ2) is 13.8. The van der Waals surface area contributed by atoms with Crippen molar-refractivity contribution in [3.63, 3.8) is 0 Å². The van der Waals surface area contributed by atoms with E-state index in [1.54, 1.807) is 24.3 Å². The molecule has 0 saturated carbocycles. The number of esters is 1. The normalized spacial score (nSPS) is 10.9. The predicted molar refractivity (Wildman–Crippen MR) is 128 cm³/mol. The summed E-state index contributed by atoms with van der Waals surface area (Å²) in [5.74, 6) is -0.180. The van der Waals surface area contributed by atoms with Crippen molar-refractivity contribution in [3.8, 4) is 11.5 Å². The molecule has 2 aromatic rings. The third-order valence-electron chi connectivity index (χ3n) is 4.70. The van der Waals surface area contributed by atoms with Crippen LogP contribution in [-0.4, -0.2) is 25.2 Å². The zero-order valence-corrected chi connectivity index (χ0v) is 19.8. The van der Waals surface area contributed by atoms with Crippen molar-refractivity contribution < 1.29 is 19.1 Å². The van der Waals surface area contributed by atoms with E-state index >= 15 is 0 Å². The molecule has 1 amide bonds. The molecule has 172 valence electrons. The molecule has 0 fully saturated rings. The number of benzene rings is 2. The molecule has 0 bridgehead atoms. The Morgan fingerprint density at radius 1 is 1.00 bits per heavy atom. The van der Waals surface area contributed by atoms with Crippen molar-refractivity contribution in [1.82, 2.24) is 5.43 Å². The molecule has 0 heterocycles. The Morgan fingerprint density at radius 3 is 2.47 bits per heavy atom. The Kier molecular flexibility index (Phi) is 11.0. The van der Waals surface area contributed by atoms with Crippen molar-refractivity contribution in [1.29, 1.82) is 0 Å². The fourth-order valence-corrected chi connectivity index (χ4v) is 3.44. The first-order valence-electron chi connectivity index (χ1n) is 10.6. The highest BCUT2D eigenvalue weighted by Gasteiger charge is 2.16. The van der Waals surface area contributed by atoms with Crippen LogP contribution in [-0.2, 0) is 4.79 Å². The Bertz CT molecular complexity index is 948. The maximum absolute atomic E-state index is 12.4. The van der Waals surface area contributed by atoms with Crippen LogP contribution in [0.3, 0.4) is 0 Å². The Morgan fingerprint density at radius 2 is 1.75 bits per heavy atom. The monoisotopic (exact) mass is 478 g/mol. The number of ether oxygens (including phenoxy) is 2. The van der Waals surface area contributed by atoms with Gasteiger partial charge in [-0.25, -0.2) is 10.2 Å². The minimum atomic E-state index is -0.631. The summed E-state index contributed by atoms with van der Waals surface area (Å²) in [4.78, 5) is 24.3. The number of carbonyl (C=O) groups excluding carboxylic acids is 2. The zero-order valence-electron chi connectivity index (χ0n) is 18.3. The van der Waals surface area contributed by atoms with Crippen LogP contribution in [0.5, 0.6) is 11.5 Å². The number of rotatable bonds is 12. The van der Waals surface area contributed by atoms with Crippen LogP contribution in [0.4, 0.5) is 0 Å². The van der Waals surface area contributed by atoms with E-state index in [4.69, 9.17) is 32.7 Å². The molecular formula is C24H28Cl2N2O4. The van der Waals surface area contributed by atoms with Crippen LogP contribution >= 0.6 is 23.2 Å². The number of hydrogen-bond acceptors (Lipinski definition) is 5. The van der Waals surface area contributed by atoms with Crippen LogP contribution < -0.4 is 14.9 Å². The van der Waals surface area contributed by atoms with Gasteiger partial charge in [0, 0.05) is 11.4 Å². The summed E-state index contributed by atoms with van der Waals surface area (Å²) in [7, 11) is 1.46. The summed E-state index contributed by atoms with van der Waals surface area (Å²) < 4.78 is 10.7. The van der Waals surface area contributed by atoms with Gasteiger partial charge in [0.25, 0.3) is 0 Å². The lowest BCUT2D eigenvalue weighted by Crippen LogP contribution is -2.16. The molecule has 0 atom stereocenters. The molecule has 1 N–H and O–H groups in total. The average Bonchev–Trinajstić information content (AvgIpc) is 2.77. The number of hydrogen-bond donors (Lipinski definition) is 1. The molecule has 0 saturated heterocycles. The molecule has 0 aliphatic heterocycles. The van der Waals surface area contributed by atoms with Crippen LogP contribution in [0.1, 0.15) is 67.8 Å². The molecule has 0 spiro atoms. The van der Waals surface area contributed by atoms with E-state index in [1.807, 2.05) is 0 Å². The Labute approximate surface area is 198 Å². The Balaban J connectivity index is 1.89. The first-order valence-corrected chi connectivity index (χ1v) is 11.4. The minimum Gasteiger partial charge on any atom is -0.493 e. The predicted octanol–water partition coefficient (Wildman–Crippen LogP) is 6.42. The molecule has 32 heavy (non-hydrogen) atoms. The maximum atomic E-state index is 12.4. The zero-order chi connectivity index (χ0) is 23.3. The number of nitrogens with zero attached hydrogens (tertiary/aromatic N) is 1. The first-order chi connectivity index (χ1) is 15.4. The van der Waals surface area contributed by atoms with Gasteiger partial charge in [-0.05, 0) is 48.4 Å². The van der Waals surface area contributed by atoms with Gasteiger partial charge < -0.3 is 9.47 Å².